The number of nitrogens with two attached hydrogens (primary N) is 1. The molecule has 6 nitrogen and oxygen atoms in total. The number of ether oxygens (including phenoxy) is 1. The third kappa shape index (κ3) is 2.71. The highest BCUT2D eigenvalue weighted by Crippen LogP contribution is 2.26. The molecular formula is C12H17N3O3. The summed E-state index contributed by atoms with van der Waals surface area (Å²) in [6.45, 7) is 3.12. The summed E-state index contributed by atoms with van der Waals surface area (Å²) in [5.41, 5.74) is 4.90. The summed E-state index contributed by atoms with van der Waals surface area (Å²) in [7, 11) is 1.51. The van der Waals surface area contributed by atoms with Crippen molar-refractivity contribution >= 4 is 17.4 Å². The van der Waals surface area contributed by atoms with Crippen molar-refractivity contribution in [1.29, 1.82) is 0 Å². The lowest BCUT2D eigenvalue weighted by atomic mass is 9.91. The van der Waals surface area contributed by atoms with Crippen LogP contribution in [0.25, 0.3) is 0 Å². The third-order valence-corrected chi connectivity index (χ3v) is 2.67. The number of hydrogen-bond acceptors (Lipinski definition) is 4. The predicted molar refractivity (Wildman–Crippen MR) is 68.8 cm³/mol. The fourth-order valence-electron chi connectivity index (χ4n) is 1.27. The average Bonchev–Trinajstić information content (AvgIpc) is 2.38. The number of amides is 1. The Labute approximate surface area is 105 Å². The Hall–Kier alpha value is -2.24. The number of para-hydroxylation sites is 2. The lowest BCUT2D eigenvalue weighted by molar-refractivity contribution is -0.121. The molecule has 0 atom stereocenters. The standard InChI is InChI=1S/C12H17N3O3/c1-12(2,10(13)15-17)11(16)14-8-6-4-5-7-9(8)18-3/h4-7,17H,1-3H3,(H2,13,15)(H,14,16). The molecule has 1 aromatic carbocycles. The van der Waals surface area contributed by atoms with E-state index in [2.05, 4.69) is 10.5 Å². The Morgan fingerprint density at radius 3 is 2.61 bits per heavy atom. The lowest BCUT2D eigenvalue weighted by Crippen LogP contribution is -2.42. The molecule has 0 saturated heterocycles. The van der Waals surface area contributed by atoms with E-state index in [4.69, 9.17) is 15.7 Å². The molecule has 6 heteroatoms. The van der Waals surface area contributed by atoms with Gasteiger partial charge in [0.1, 0.15) is 11.2 Å². The topological polar surface area (TPSA) is 96.9 Å². The number of carbonyl (C=O) groups excluding carboxylic acids is 1. The van der Waals surface area contributed by atoms with E-state index in [9.17, 15) is 4.79 Å². The van der Waals surface area contributed by atoms with Gasteiger partial charge in [-0.15, -0.1) is 0 Å². The highest BCUT2D eigenvalue weighted by atomic mass is 16.5. The fourth-order valence-corrected chi connectivity index (χ4v) is 1.27. The van der Waals surface area contributed by atoms with Crippen LogP contribution >= 0.6 is 0 Å². The zero-order valence-corrected chi connectivity index (χ0v) is 10.6. The average molecular weight is 251 g/mol. The van der Waals surface area contributed by atoms with Gasteiger partial charge in [-0.25, -0.2) is 0 Å². The lowest BCUT2D eigenvalue weighted by Gasteiger charge is -2.22. The van der Waals surface area contributed by atoms with E-state index in [0.717, 1.165) is 0 Å². The zero-order chi connectivity index (χ0) is 13.8. The monoisotopic (exact) mass is 251 g/mol. The van der Waals surface area contributed by atoms with Gasteiger partial charge < -0.3 is 21.0 Å². The quantitative estimate of drug-likeness (QED) is 0.326. The number of carbonyl (C=O) groups is 1. The molecule has 0 aliphatic rings. The first-order chi connectivity index (χ1) is 8.43. The Balaban J connectivity index is 2.95. The molecule has 0 heterocycles. The molecule has 98 valence electrons. The molecule has 0 spiro atoms. The number of methoxy groups -OCH3 is 1. The van der Waals surface area contributed by atoms with E-state index in [1.165, 1.54) is 7.11 Å². The van der Waals surface area contributed by atoms with Gasteiger partial charge in [-0.2, -0.15) is 0 Å². The van der Waals surface area contributed by atoms with Crippen LogP contribution in [0.15, 0.2) is 29.4 Å². The number of benzene rings is 1. The second kappa shape index (κ2) is 5.39. The minimum absolute atomic E-state index is 0.158. The van der Waals surface area contributed by atoms with Crippen LogP contribution in [0.5, 0.6) is 5.75 Å². The molecular weight excluding hydrogens is 234 g/mol. The van der Waals surface area contributed by atoms with Gasteiger partial charge >= 0.3 is 0 Å². The van der Waals surface area contributed by atoms with E-state index < -0.39 is 5.41 Å². The Kier molecular flexibility index (Phi) is 4.14. The van der Waals surface area contributed by atoms with Crippen LogP contribution in [-0.4, -0.2) is 24.1 Å². The van der Waals surface area contributed by atoms with Crippen LogP contribution in [0, 0.1) is 5.41 Å². The van der Waals surface area contributed by atoms with E-state index in [0.29, 0.717) is 11.4 Å². The Bertz CT molecular complexity index is 469. The number of oxime groups is 1. The van der Waals surface area contributed by atoms with Crippen molar-refractivity contribution in [3.8, 4) is 5.75 Å². The number of rotatable bonds is 4. The van der Waals surface area contributed by atoms with Crippen LogP contribution in [0.4, 0.5) is 5.69 Å². The maximum absolute atomic E-state index is 12.1. The van der Waals surface area contributed by atoms with Crippen LogP contribution < -0.4 is 15.8 Å². The second-order valence-corrected chi connectivity index (χ2v) is 4.26. The van der Waals surface area contributed by atoms with Gasteiger partial charge in [0.25, 0.3) is 0 Å². The highest BCUT2D eigenvalue weighted by Gasteiger charge is 2.33. The molecule has 0 bridgehead atoms. The largest absolute Gasteiger partial charge is 0.495 e. The van der Waals surface area contributed by atoms with Crippen LogP contribution in [0.3, 0.4) is 0 Å². The number of anilines is 1. The molecule has 0 aliphatic carbocycles. The van der Waals surface area contributed by atoms with Crippen molar-refractivity contribution in [2.75, 3.05) is 12.4 Å². The van der Waals surface area contributed by atoms with Crippen LogP contribution in [0.1, 0.15) is 13.8 Å². The summed E-state index contributed by atoms with van der Waals surface area (Å²) in [6, 6.07) is 7.00. The molecule has 1 rings (SSSR count). The predicted octanol–water partition coefficient (Wildman–Crippen LogP) is 1.41. The van der Waals surface area contributed by atoms with Crippen molar-refractivity contribution in [2.45, 2.75) is 13.8 Å². The van der Waals surface area contributed by atoms with Gasteiger partial charge in [0.05, 0.1) is 12.8 Å². The molecule has 0 unspecified atom stereocenters. The Morgan fingerprint density at radius 1 is 1.44 bits per heavy atom. The normalized spacial score (nSPS) is 12.1. The highest BCUT2D eigenvalue weighted by molar-refractivity contribution is 6.11. The summed E-state index contributed by atoms with van der Waals surface area (Å²) < 4.78 is 5.12. The molecule has 0 aromatic heterocycles. The van der Waals surface area contributed by atoms with E-state index in [-0.39, 0.29) is 11.7 Å². The van der Waals surface area contributed by atoms with Gasteiger partial charge in [-0.1, -0.05) is 17.3 Å². The number of hydrogen-bond donors (Lipinski definition) is 3. The van der Waals surface area contributed by atoms with Crippen molar-refractivity contribution in [3.05, 3.63) is 24.3 Å². The fraction of sp³-hybridized carbons (Fsp3) is 0.333. The summed E-state index contributed by atoms with van der Waals surface area (Å²) in [4.78, 5) is 12.1. The molecule has 0 fully saturated rings. The van der Waals surface area contributed by atoms with Gasteiger partial charge in [0.15, 0.2) is 5.84 Å². The zero-order valence-electron chi connectivity index (χ0n) is 10.6. The maximum atomic E-state index is 12.1. The van der Waals surface area contributed by atoms with Gasteiger partial charge in [-0.05, 0) is 26.0 Å². The molecule has 1 aromatic rings. The van der Waals surface area contributed by atoms with Crippen molar-refractivity contribution in [2.24, 2.45) is 16.3 Å². The van der Waals surface area contributed by atoms with Crippen molar-refractivity contribution < 1.29 is 14.7 Å². The summed E-state index contributed by atoms with van der Waals surface area (Å²) in [5.74, 6) is -0.00152. The summed E-state index contributed by atoms with van der Waals surface area (Å²) >= 11 is 0. The minimum Gasteiger partial charge on any atom is -0.495 e. The van der Waals surface area contributed by atoms with Gasteiger partial charge in [-0.3, -0.25) is 4.79 Å². The van der Waals surface area contributed by atoms with E-state index in [1.807, 2.05) is 0 Å². The van der Waals surface area contributed by atoms with Crippen LogP contribution in [-0.2, 0) is 4.79 Å². The number of nitrogens with zero attached hydrogens (tertiary/aromatic N) is 1. The number of amidine groups is 1. The third-order valence-electron chi connectivity index (χ3n) is 2.67. The first-order valence-corrected chi connectivity index (χ1v) is 5.36. The summed E-state index contributed by atoms with van der Waals surface area (Å²) in [6.07, 6.45) is 0. The molecule has 0 aliphatic heterocycles. The maximum Gasteiger partial charge on any atom is 0.237 e. The Morgan fingerprint density at radius 2 is 2.06 bits per heavy atom. The van der Waals surface area contributed by atoms with Gasteiger partial charge in [0.2, 0.25) is 5.91 Å². The molecule has 1 amide bonds. The smallest absolute Gasteiger partial charge is 0.237 e. The molecule has 0 radical (unpaired) electrons. The first-order valence-electron chi connectivity index (χ1n) is 5.36. The van der Waals surface area contributed by atoms with E-state index >= 15 is 0 Å². The number of nitrogens with one attached hydrogen (secondary N) is 1. The van der Waals surface area contributed by atoms with Crippen LogP contribution in [0.2, 0.25) is 0 Å². The van der Waals surface area contributed by atoms with E-state index in [1.54, 1.807) is 38.1 Å². The molecule has 4 N–H and O–H groups in total. The molecule has 0 saturated carbocycles. The molecule has 18 heavy (non-hydrogen) atoms. The first kappa shape index (κ1) is 13.8. The second-order valence-electron chi connectivity index (χ2n) is 4.26. The summed E-state index contributed by atoms with van der Waals surface area (Å²) in [5, 5.41) is 14.2. The SMILES string of the molecule is COc1ccccc1NC(=O)C(C)(C)C(N)=NO. The van der Waals surface area contributed by atoms with Crippen molar-refractivity contribution in [1.82, 2.24) is 0 Å². The van der Waals surface area contributed by atoms with Crippen molar-refractivity contribution in [3.63, 3.8) is 0 Å². The van der Waals surface area contributed by atoms with Gasteiger partial charge in [0, 0.05) is 0 Å². The minimum atomic E-state index is -1.12.